The van der Waals surface area contributed by atoms with E-state index in [9.17, 15) is 0 Å². The summed E-state index contributed by atoms with van der Waals surface area (Å²) in [6.45, 7) is 0. The number of hydrogen-bond acceptors (Lipinski definition) is 0. The van der Waals surface area contributed by atoms with Crippen molar-refractivity contribution in [2.24, 2.45) is 0 Å². The zero-order chi connectivity index (χ0) is 6.69. The molecule has 50 valence electrons. The van der Waals surface area contributed by atoms with Crippen LogP contribution in [0.1, 0.15) is 11.1 Å². The number of nitrogens with one attached hydrogen (secondary N) is 1. The molecule has 1 nitrogen and oxygen atoms in total. The van der Waals surface area contributed by atoms with Gasteiger partial charge in [-0.25, -0.2) is 0 Å². The second kappa shape index (κ2) is 3.42. The summed E-state index contributed by atoms with van der Waals surface area (Å²) in [5, 5.41) is 1.86. The van der Waals surface area contributed by atoms with Crippen molar-refractivity contribution in [2.45, 2.75) is 10.7 Å². The van der Waals surface area contributed by atoms with Crippen molar-refractivity contribution in [3.63, 3.8) is 0 Å². The number of rotatable bonds is 2. The van der Waals surface area contributed by atoms with Gasteiger partial charge in [-0.1, -0.05) is 31.9 Å². The van der Waals surface area contributed by atoms with Gasteiger partial charge >= 0.3 is 0 Å². The van der Waals surface area contributed by atoms with Crippen molar-refractivity contribution >= 4 is 31.9 Å². The lowest BCUT2D eigenvalue weighted by molar-refractivity contribution is 1.36. The van der Waals surface area contributed by atoms with Crippen LogP contribution < -0.4 is 0 Å². The first-order valence-corrected chi connectivity index (χ1v) is 4.89. The summed E-state index contributed by atoms with van der Waals surface area (Å²) in [5.41, 5.74) is 2.65. The van der Waals surface area contributed by atoms with Crippen molar-refractivity contribution < 1.29 is 0 Å². The van der Waals surface area contributed by atoms with Gasteiger partial charge in [-0.05, 0) is 11.1 Å². The summed E-state index contributed by atoms with van der Waals surface area (Å²) in [4.78, 5) is 3.04. The molecule has 0 amide bonds. The molecule has 0 spiro atoms. The lowest BCUT2D eigenvalue weighted by atomic mass is 10.2. The predicted octanol–water partition coefficient (Wildman–Crippen LogP) is 2.80. The minimum Gasteiger partial charge on any atom is -0.367 e. The molecule has 0 saturated heterocycles. The SMILES string of the molecule is BrCc1c[nH]cc1CBr. The van der Waals surface area contributed by atoms with Crippen molar-refractivity contribution in [2.75, 3.05) is 0 Å². The number of H-pyrrole nitrogens is 1. The van der Waals surface area contributed by atoms with Crippen molar-refractivity contribution in [3.05, 3.63) is 23.5 Å². The van der Waals surface area contributed by atoms with Crippen LogP contribution in [0.2, 0.25) is 0 Å². The fourth-order valence-corrected chi connectivity index (χ4v) is 1.72. The molecule has 0 fully saturated rings. The van der Waals surface area contributed by atoms with Crippen LogP contribution in [0.3, 0.4) is 0 Å². The Labute approximate surface area is 71.1 Å². The van der Waals surface area contributed by atoms with Crippen LogP contribution in [0.25, 0.3) is 0 Å². The fourth-order valence-electron chi connectivity index (χ4n) is 0.677. The molecule has 1 aromatic heterocycles. The molecule has 0 unspecified atom stereocenters. The first-order valence-electron chi connectivity index (χ1n) is 2.65. The quantitative estimate of drug-likeness (QED) is 0.780. The van der Waals surface area contributed by atoms with Gasteiger partial charge in [-0.3, -0.25) is 0 Å². The van der Waals surface area contributed by atoms with E-state index >= 15 is 0 Å². The van der Waals surface area contributed by atoms with Crippen molar-refractivity contribution in [1.29, 1.82) is 0 Å². The number of hydrogen-bond donors (Lipinski definition) is 1. The van der Waals surface area contributed by atoms with E-state index in [4.69, 9.17) is 0 Å². The van der Waals surface area contributed by atoms with Gasteiger partial charge in [0, 0.05) is 23.1 Å². The second-order valence-corrected chi connectivity index (χ2v) is 2.89. The molecule has 0 radical (unpaired) electrons. The maximum Gasteiger partial charge on any atom is 0.0301 e. The Balaban J connectivity index is 2.85. The van der Waals surface area contributed by atoms with Gasteiger partial charge in [0.15, 0.2) is 0 Å². The molecule has 0 aliphatic heterocycles. The van der Waals surface area contributed by atoms with E-state index in [0.717, 1.165) is 10.7 Å². The molecular formula is C6H7Br2N. The highest BCUT2D eigenvalue weighted by Crippen LogP contribution is 2.14. The molecule has 1 heterocycles. The Hall–Kier alpha value is 0.240. The third-order valence-corrected chi connectivity index (χ3v) is 2.42. The minimum atomic E-state index is 0.928. The number of aromatic amines is 1. The van der Waals surface area contributed by atoms with E-state index in [1.165, 1.54) is 11.1 Å². The summed E-state index contributed by atoms with van der Waals surface area (Å²) in [7, 11) is 0. The molecule has 3 heteroatoms. The van der Waals surface area contributed by atoms with E-state index in [1.54, 1.807) is 0 Å². The van der Waals surface area contributed by atoms with E-state index in [1.807, 2.05) is 12.4 Å². The van der Waals surface area contributed by atoms with E-state index in [-0.39, 0.29) is 0 Å². The van der Waals surface area contributed by atoms with Crippen LogP contribution in [0.5, 0.6) is 0 Å². The molecular weight excluding hydrogens is 246 g/mol. The molecule has 0 aliphatic rings. The van der Waals surface area contributed by atoms with Crippen LogP contribution >= 0.6 is 31.9 Å². The summed E-state index contributed by atoms with van der Waals surface area (Å²) >= 11 is 6.77. The van der Waals surface area contributed by atoms with Crippen LogP contribution in [0.4, 0.5) is 0 Å². The summed E-state index contributed by atoms with van der Waals surface area (Å²) in [6, 6.07) is 0. The zero-order valence-electron chi connectivity index (χ0n) is 4.82. The topological polar surface area (TPSA) is 15.8 Å². The molecule has 1 aromatic rings. The standard InChI is InChI=1S/C6H7Br2N/c7-1-5-3-9-4-6(5)2-8/h3-4,9H,1-2H2. The highest BCUT2D eigenvalue weighted by Gasteiger charge is 1.97. The Morgan fingerprint density at radius 3 is 1.89 bits per heavy atom. The van der Waals surface area contributed by atoms with Crippen molar-refractivity contribution in [3.8, 4) is 0 Å². The summed E-state index contributed by atoms with van der Waals surface area (Å²) in [5.74, 6) is 0. The summed E-state index contributed by atoms with van der Waals surface area (Å²) in [6.07, 6.45) is 4.01. The Morgan fingerprint density at radius 2 is 1.56 bits per heavy atom. The molecule has 0 aromatic carbocycles. The van der Waals surface area contributed by atoms with Crippen LogP contribution in [-0.4, -0.2) is 4.98 Å². The molecule has 0 atom stereocenters. The van der Waals surface area contributed by atoms with Crippen LogP contribution in [0, 0.1) is 0 Å². The lowest BCUT2D eigenvalue weighted by Crippen LogP contribution is -1.77. The van der Waals surface area contributed by atoms with Gasteiger partial charge in [-0.15, -0.1) is 0 Å². The number of alkyl halides is 2. The highest BCUT2D eigenvalue weighted by molar-refractivity contribution is 9.09. The molecule has 9 heavy (non-hydrogen) atoms. The van der Waals surface area contributed by atoms with Gasteiger partial charge in [0.2, 0.25) is 0 Å². The van der Waals surface area contributed by atoms with Gasteiger partial charge in [0.1, 0.15) is 0 Å². The number of halogens is 2. The smallest absolute Gasteiger partial charge is 0.0301 e. The Morgan fingerprint density at radius 1 is 1.11 bits per heavy atom. The average molecular weight is 253 g/mol. The van der Waals surface area contributed by atoms with Gasteiger partial charge in [0.25, 0.3) is 0 Å². The van der Waals surface area contributed by atoms with E-state index in [0.29, 0.717) is 0 Å². The molecule has 0 saturated carbocycles. The highest BCUT2D eigenvalue weighted by atomic mass is 79.9. The second-order valence-electron chi connectivity index (χ2n) is 1.77. The maximum atomic E-state index is 3.39. The van der Waals surface area contributed by atoms with Crippen molar-refractivity contribution in [1.82, 2.24) is 4.98 Å². The zero-order valence-corrected chi connectivity index (χ0v) is 8.00. The van der Waals surface area contributed by atoms with Crippen LogP contribution in [0.15, 0.2) is 12.4 Å². The molecule has 0 bridgehead atoms. The van der Waals surface area contributed by atoms with Gasteiger partial charge in [-0.2, -0.15) is 0 Å². The van der Waals surface area contributed by atoms with E-state index in [2.05, 4.69) is 36.8 Å². The largest absolute Gasteiger partial charge is 0.367 e. The fraction of sp³-hybridized carbons (Fsp3) is 0.333. The number of aromatic nitrogens is 1. The Kier molecular flexibility index (Phi) is 2.79. The summed E-state index contributed by atoms with van der Waals surface area (Å²) < 4.78 is 0. The van der Waals surface area contributed by atoms with E-state index < -0.39 is 0 Å². The van der Waals surface area contributed by atoms with Gasteiger partial charge < -0.3 is 4.98 Å². The predicted molar refractivity (Wildman–Crippen MR) is 46.1 cm³/mol. The first-order chi connectivity index (χ1) is 4.38. The lowest BCUT2D eigenvalue weighted by Gasteiger charge is -1.90. The monoisotopic (exact) mass is 251 g/mol. The first kappa shape index (κ1) is 7.35. The normalized spacial score (nSPS) is 10.0. The molecule has 1 N–H and O–H groups in total. The van der Waals surface area contributed by atoms with Gasteiger partial charge in [0.05, 0.1) is 0 Å². The minimum absolute atomic E-state index is 0.928. The third-order valence-electron chi connectivity index (χ3n) is 1.22. The molecule has 1 rings (SSSR count). The average Bonchev–Trinajstić information content (AvgIpc) is 2.33. The molecule has 0 aliphatic carbocycles. The maximum absolute atomic E-state index is 3.39. The third kappa shape index (κ3) is 1.58. The van der Waals surface area contributed by atoms with Crippen LogP contribution in [-0.2, 0) is 10.7 Å². The Bertz CT molecular complexity index is 164.